The molecule has 0 aliphatic rings. The van der Waals surface area contributed by atoms with Crippen LogP contribution in [-0.4, -0.2) is 44.7 Å². The minimum absolute atomic E-state index is 0.612. The van der Waals surface area contributed by atoms with E-state index in [1.54, 1.807) is 0 Å². The maximum Gasteiger partial charge on any atom is 0.229 e. The predicted molar refractivity (Wildman–Crippen MR) is 108 cm³/mol. The van der Waals surface area contributed by atoms with E-state index in [0.717, 1.165) is 56.4 Å². The molecule has 6 heteroatoms. The fraction of sp³-hybridized carbons (Fsp3) is 0.450. The second-order valence-electron chi connectivity index (χ2n) is 6.85. The van der Waals surface area contributed by atoms with E-state index in [9.17, 15) is 8.42 Å². The number of aromatic nitrogens is 1. The SMILES string of the molecule is Cc1cccc(CCN(C)CCCCc2ccc(NS(C)(=O)=O)cc2)n1. The van der Waals surface area contributed by atoms with E-state index in [2.05, 4.69) is 33.8 Å². The van der Waals surface area contributed by atoms with Crippen LogP contribution in [0.25, 0.3) is 0 Å². The van der Waals surface area contributed by atoms with Crippen molar-refractivity contribution in [2.45, 2.75) is 32.6 Å². The van der Waals surface area contributed by atoms with Gasteiger partial charge in [0.15, 0.2) is 0 Å². The molecule has 0 bridgehead atoms. The van der Waals surface area contributed by atoms with Crippen LogP contribution in [-0.2, 0) is 22.9 Å². The lowest BCUT2D eigenvalue weighted by Crippen LogP contribution is -2.22. The van der Waals surface area contributed by atoms with Gasteiger partial charge >= 0.3 is 0 Å². The number of likely N-dealkylation sites (N-methyl/N-ethyl adjacent to an activating group) is 1. The van der Waals surface area contributed by atoms with E-state index >= 15 is 0 Å². The third-order valence-corrected chi connectivity index (χ3v) is 4.81. The first kappa shape index (κ1) is 20.4. The van der Waals surface area contributed by atoms with Crippen molar-refractivity contribution >= 4 is 15.7 Å². The highest BCUT2D eigenvalue weighted by atomic mass is 32.2. The Morgan fingerprint density at radius 2 is 1.73 bits per heavy atom. The minimum Gasteiger partial charge on any atom is -0.306 e. The summed E-state index contributed by atoms with van der Waals surface area (Å²) in [6.45, 7) is 4.11. The molecule has 0 aliphatic carbocycles. The Kier molecular flexibility index (Phi) is 7.60. The van der Waals surface area contributed by atoms with Gasteiger partial charge in [-0.2, -0.15) is 0 Å². The van der Waals surface area contributed by atoms with Crippen molar-refractivity contribution in [3.63, 3.8) is 0 Å². The summed E-state index contributed by atoms with van der Waals surface area (Å²) in [5, 5.41) is 0. The number of hydrogen-bond acceptors (Lipinski definition) is 4. The molecule has 2 rings (SSSR count). The number of rotatable bonds is 10. The van der Waals surface area contributed by atoms with Crippen LogP contribution in [0.1, 0.15) is 29.8 Å². The molecule has 0 fully saturated rings. The van der Waals surface area contributed by atoms with Gasteiger partial charge in [-0.1, -0.05) is 18.2 Å². The van der Waals surface area contributed by atoms with Crippen molar-refractivity contribution in [1.29, 1.82) is 0 Å². The predicted octanol–water partition coefficient (Wildman–Crippen LogP) is 3.26. The first-order valence-electron chi connectivity index (χ1n) is 9.00. The normalized spacial score (nSPS) is 11.7. The summed E-state index contributed by atoms with van der Waals surface area (Å²) in [5.41, 5.74) is 4.07. The number of nitrogens with one attached hydrogen (secondary N) is 1. The largest absolute Gasteiger partial charge is 0.306 e. The van der Waals surface area contributed by atoms with Crippen molar-refractivity contribution in [1.82, 2.24) is 9.88 Å². The first-order chi connectivity index (χ1) is 12.3. The van der Waals surface area contributed by atoms with Crippen LogP contribution >= 0.6 is 0 Å². The van der Waals surface area contributed by atoms with Gasteiger partial charge in [0, 0.05) is 30.0 Å². The molecule has 1 aromatic carbocycles. The van der Waals surface area contributed by atoms with Crippen LogP contribution in [0.15, 0.2) is 42.5 Å². The molecule has 0 unspecified atom stereocenters. The van der Waals surface area contributed by atoms with Crippen LogP contribution in [0.2, 0.25) is 0 Å². The number of benzene rings is 1. The molecule has 26 heavy (non-hydrogen) atoms. The summed E-state index contributed by atoms with van der Waals surface area (Å²) in [6, 6.07) is 13.8. The molecule has 0 saturated heterocycles. The van der Waals surface area contributed by atoms with E-state index in [-0.39, 0.29) is 0 Å². The third-order valence-electron chi connectivity index (χ3n) is 4.21. The quantitative estimate of drug-likeness (QED) is 0.648. The van der Waals surface area contributed by atoms with Crippen molar-refractivity contribution in [3.8, 4) is 0 Å². The van der Waals surface area contributed by atoms with Gasteiger partial charge < -0.3 is 4.90 Å². The lowest BCUT2D eigenvalue weighted by atomic mass is 10.1. The molecular formula is C20H29N3O2S. The average molecular weight is 376 g/mol. The van der Waals surface area contributed by atoms with E-state index in [0.29, 0.717) is 5.69 Å². The Balaban J connectivity index is 1.65. The maximum atomic E-state index is 11.2. The number of unbranched alkanes of at least 4 members (excludes halogenated alkanes) is 1. The summed E-state index contributed by atoms with van der Waals surface area (Å²) < 4.78 is 24.9. The second-order valence-corrected chi connectivity index (χ2v) is 8.60. The number of aryl methyl sites for hydroxylation is 2. The van der Waals surface area contributed by atoms with Gasteiger partial charge in [0.1, 0.15) is 0 Å². The molecule has 0 spiro atoms. The summed E-state index contributed by atoms with van der Waals surface area (Å²) in [4.78, 5) is 6.89. The number of anilines is 1. The van der Waals surface area contributed by atoms with E-state index in [4.69, 9.17) is 0 Å². The van der Waals surface area contributed by atoms with Crippen molar-refractivity contribution < 1.29 is 8.42 Å². The van der Waals surface area contributed by atoms with Crippen LogP contribution in [0.4, 0.5) is 5.69 Å². The number of sulfonamides is 1. The Hall–Kier alpha value is -1.92. The van der Waals surface area contributed by atoms with Gasteiger partial charge in [0.05, 0.1) is 6.26 Å². The zero-order valence-corrected chi connectivity index (χ0v) is 16.7. The van der Waals surface area contributed by atoms with E-state index in [1.807, 2.05) is 37.3 Å². The van der Waals surface area contributed by atoms with Gasteiger partial charge in [0.25, 0.3) is 0 Å². The van der Waals surface area contributed by atoms with Crippen LogP contribution in [0.5, 0.6) is 0 Å². The number of nitrogens with zero attached hydrogens (tertiary/aromatic N) is 2. The summed E-state index contributed by atoms with van der Waals surface area (Å²) in [5.74, 6) is 0. The minimum atomic E-state index is -3.21. The van der Waals surface area contributed by atoms with Gasteiger partial charge in [0.2, 0.25) is 10.0 Å². The first-order valence-corrected chi connectivity index (χ1v) is 10.9. The Labute approximate surface area is 157 Å². The Morgan fingerprint density at radius 3 is 2.38 bits per heavy atom. The zero-order chi connectivity index (χ0) is 19.0. The Bertz CT molecular complexity index is 789. The molecule has 0 atom stereocenters. The molecule has 1 aromatic heterocycles. The molecule has 0 radical (unpaired) electrons. The summed E-state index contributed by atoms with van der Waals surface area (Å²) >= 11 is 0. The summed E-state index contributed by atoms with van der Waals surface area (Å²) in [7, 11) is -1.05. The van der Waals surface area contributed by atoms with Crippen LogP contribution < -0.4 is 4.72 Å². The molecule has 0 aliphatic heterocycles. The maximum absolute atomic E-state index is 11.2. The number of pyridine rings is 1. The van der Waals surface area contributed by atoms with Gasteiger partial charge in [-0.25, -0.2) is 8.42 Å². The Morgan fingerprint density at radius 1 is 1.00 bits per heavy atom. The van der Waals surface area contributed by atoms with Crippen molar-refractivity contribution in [3.05, 3.63) is 59.4 Å². The molecule has 1 heterocycles. The van der Waals surface area contributed by atoms with Gasteiger partial charge in [-0.3, -0.25) is 9.71 Å². The smallest absolute Gasteiger partial charge is 0.229 e. The second kappa shape index (κ2) is 9.69. The molecule has 0 saturated carbocycles. The highest BCUT2D eigenvalue weighted by Gasteiger charge is 2.03. The lowest BCUT2D eigenvalue weighted by molar-refractivity contribution is 0.329. The highest BCUT2D eigenvalue weighted by molar-refractivity contribution is 7.92. The molecule has 142 valence electrons. The van der Waals surface area contributed by atoms with Crippen LogP contribution in [0.3, 0.4) is 0 Å². The van der Waals surface area contributed by atoms with Crippen molar-refractivity contribution in [2.75, 3.05) is 31.1 Å². The third kappa shape index (κ3) is 7.97. The lowest BCUT2D eigenvalue weighted by Gasteiger charge is -2.16. The van der Waals surface area contributed by atoms with Crippen molar-refractivity contribution in [2.24, 2.45) is 0 Å². The zero-order valence-electron chi connectivity index (χ0n) is 15.9. The topological polar surface area (TPSA) is 62.3 Å². The summed E-state index contributed by atoms with van der Waals surface area (Å²) in [6.07, 6.45) is 5.40. The van der Waals surface area contributed by atoms with E-state index < -0.39 is 10.0 Å². The van der Waals surface area contributed by atoms with Gasteiger partial charge in [-0.05, 0) is 69.6 Å². The van der Waals surface area contributed by atoms with Gasteiger partial charge in [-0.15, -0.1) is 0 Å². The monoisotopic (exact) mass is 375 g/mol. The highest BCUT2D eigenvalue weighted by Crippen LogP contribution is 2.13. The fourth-order valence-electron chi connectivity index (χ4n) is 2.82. The van der Waals surface area contributed by atoms with Crippen LogP contribution in [0, 0.1) is 6.92 Å². The molecule has 5 nitrogen and oxygen atoms in total. The average Bonchev–Trinajstić information content (AvgIpc) is 2.57. The molecular weight excluding hydrogens is 346 g/mol. The van der Waals surface area contributed by atoms with E-state index in [1.165, 1.54) is 5.56 Å². The number of hydrogen-bond donors (Lipinski definition) is 1. The molecule has 1 N–H and O–H groups in total. The standard InChI is InChI=1S/C20H29N3O2S/c1-17-7-6-9-19(21-17)14-16-23(2)15-5-4-8-18-10-12-20(13-11-18)22-26(3,24)25/h6-7,9-13,22H,4-5,8,14-16H2,1-3H3. The fourth-order valence-corrected chi connectivity index (χ4v) is 3.38. The molecule has 0 amide bonds. The molecule has 2 aromatic rings.